The van der Waals surface area contributed by atoms with E-state index in [4.69, 9.17) is 17.3 Å². The standard InChI is InChI=1S/C21H17ClN2O2S2/c22-16-6-1-2-7-18(16)28-19-17(25)11-21(24-20(19)26,14-8-9-27-12-14)13-4-3-5-15(23)10-13/h1-10,12,25H,11,23H2,(H,24,26). The molecule has 0 radical (unpaired) electrons. The number of hydrogen-bond donors (Lipinski definition) is 3. The molecule has 1 aliphatic heterocycles. The zero-order valence-electron chi connectivity index (χ0n) is 14.7. The van der Waals surface area contributed by atoms with Crippen LogP contribution in [0.2, 0.25) is 5.02 Å². The van der Waals surface area contributed by atoms with Gasteiger partial charge in [-0.15, -0.1) is 0 Å². The van der Waals surface area contributed by atoms with E-state index in [0.717, 1.165) is 11.1 Å². The van der Waals surface area contributed by atoms with Crippen LogP contribution >= 0.6 is 34.7 Å². The maximum atomic E-state index is 13.1. The van der Waals surface area contributed by atoms with E-state index in [1.807, 2.05) is 53.2 Å². The lowest BCUT2D eigenvalue weighted by Gasteiger charge is -2.38. The summed E-state index contributed by atoms with van der Waals surface area (Å²) in [6, 6.07) is 16.6. The predicted octanol–water partition coefficient (Wildman–Crippen LogP) is 5.31. The molecule has 0 bridgehead atoms. The first-order valence-corrected chi connectivity index (χ1v) is 10.7. The Hall–Kier alpha value is -2.41. The minimum absolute atomic E-state index is 0.0299. The third-order valence-corrected chi connectivity index (χ3v) is 7.00. The molecule has 4 nitrogen and oxygen atoms in total. The van der Waals surface area contributed by atoms with Gasteiger partial charge in [-0.25, -0.2) is 0 Å². The van der Waals surface area contributed by atoms with E-state index in [9.17, 15) is 9.90 Å². The zero-order valence-corrected chi connectivity index (χ0v) is 17.1. The molecule has 1 atom stereocenters. The normalized spacial score (nSPS) is 19.5. The Morgan fingerprint density at radius 3 is 2.64 bits per heavy atom. The van der Waals surface area contributed by atoms with Crippen molar-refractivity contribution < 1.29 is 9.90 Å². The molecular formula is C21H17ClN2O2S2. The van der Waals surface area contributed by atoms with Crippen molar-refractivity contribution in [2.24, 2.45) is 0 Å². The molecule has 0 aliphatic carbocycles. The van der Waals surface area contributed by atoms with E-state index < -0.39 is 5.54 Å². The van der Waals surface area contributed by atoms with E-state index in [-0.39, 0.29) is 23.0 Å². The van der Waals surface area contributed by atoms with Crippen LogP contribution in [0.15, 0.2) is 80.9 Å². The van der Waals surface area contributed by atoms with Gasteiger partial charge in [-0.3, -0.25) is 4.79 Å². The van der Waals surface area contributed by atoms with Gasteiger partial charge in [-0.1, -0.05) is 47.6 Å². The van der Waals surface area contributed by atoms with Crippen molar-refractivity contribution >= 4 is 46.3 Å². The van der Waals surface area contributed by atoms with Crippen LogP contribution in [0.5, 0.6) is 0 Å². The molecular weight excluding hydrogens is 412 g/mol. The summed E-state index contributed by atoms with van der Waals surface area (Å²) in [6.45, 7) is 0. The molecule has 0 saturated heterocycles. The molecule has 4 rings (SSSR count). The minimum Gasteiger partial charge on any atom is -0.511 e. The molecule has 1 aliphatic rings. The van der Waals surface area contributed by atoms with Crippen LogP contribution in [0.3, 0.4) is 0 Å². The molecule has 3 aromatic rings. The Kier molecular flexibility index (Phi) is 5.10. The van der Waals surface area contributed by atoms with Gasteiger partial charge in [-0.2, -0.15) is 11.3 Å². The van der Waals surface area contributed by atoms with E-state index in [1.54, 1.807) is 12.1 Å². The Labute approximate surface area is 176 Å². The summed E-state index contributed by atoms with van der Waals surface area (Å²) < 4.78 is 0. The lowest BCUT2D eigenvalue weighted by molar-refractivity contribution is -0.119. The fourth-order valence-corrected chi connectivity index (χ4v) is 5.17. The maximum Gasteiger partial charge on any atom is 0.262 e. The van der Waals surface area contributed by atoms with E-state index in [1.165, 1.54) is 23.1 Å². The number of nitrogens with two attached hydrogens (primary N) is 1. The van der Waals surface area contributed by atoms with Crippen LogP contribution in [0.4, 0.5) is 5.69 Å². The summed E-state index contributed by atoms with van der Waals surface area (Å²) >= 11 is 8.92. The topological polar surface area (TPSA) is 75.3 Å². The maximum absolute atomic E-state index is 13.1. The number of benzene rings is 2. The number of rotatable bonds is 4. The fourth-order valence-electron chi connectivity index (χ4n) is 3.33. The number of anilines is 1. The van der Waals surface area contributed by atoms with Crippen LogP contribution in [0.1, 0.15) is 17.5 Å². The number of thiophene rings is 1. The molecule has 4 N–H and O–H groups in total. The van der Waals surface area contributed by atoms with Crippen LogP contribution in [-0.2, 0) is 10.3 Å². The zero-order chi connectivity index (χ0) is 19.7. The first-order chi connectivity index (χ1) is 13.5. The number of aliphatic hydroxyl groups excluding tert-OH is 1. The number of aliphatic hydroxyl groups is 1. The largest absolute Gasteiger partial charge is 0.511 e. The number of hydrogen-bond acceptors (Lipinski definition) is 5. The summed E-state index contributed by atoms with van der Waals surface area (Å²) in [5.74, 6) is -0.315. The average molecular weight is 429 g/mol. The summed E-state index contributed by atoms with van der Waals surface area (Å²) in [4.78, 5) is 14.0. The van der Waals surface area contributed by atoms with E-state index in [2.05, 4.69) is 5.32 Å². The molecule has 1 aromatic heterocycles. The van der Waals surface area contributed by atoms with Gasteiger partial charge < -0.3 is 16.2 Å². The molecule has 0 saturated carbocycles. The Balaban J connectivity index is 1.79. The number of carbonyl (C=O) groups is 1. The van der Waals surface area contributed by atoms with Crippen molar-refractivity contribution in [2.45, 2.75) is 16.9 Å². The van der Waals surface area contributed by atoms with E-state index in [0.29, 0.717) is 15.6 Å². The number of nitrogens with one attached hydrogen (secondary N) is 1. The third kappa shape index (κ3) is 3.39. The number of carbonyl (C=O) groups excluding carboxylic acids is 1. The second-order valence-electron chi connectivity index (χ2n) is 6.48. The number of amides is 1. The van der Waals surface area contributed by atoms with Crippen molar-refractivity contribution in [1.82, 2.24) is 5.32 Å². The first-order valence-electron chi connectivity index (χ1n) is 8.55. The SMILES string of the molecule is Nc1cccc(C2(c3ccsc3)CC(O)=C(Sc3ccccc3Cl)C(=O)N2)c1. The highest BCUT2D eigenvalue weighted by molar-refractivity contribution is 8.04. The molecule has 0 fully saturated rings. The van der Waals surface area contributed by atoms with E-state index >= 15 is 0 Å². The summed E-state index contributed by atoms with van der Waals surface area (Å²) in [5, 5.41) is 18.5. The fraction of sp³-hybridized carbons (Fsp3) is 0.0952. The molecule has 2 aromatic carbocycles. The monoisotopic (exact) mass is 428 g/mol. The van der Waals surface area contributed by atoms with Gasteiger partial charge in [0.1, 0.15) is 10.7 Å². The minimum atomic E-state index is -0.874. The molecule has 1 amide bonds. The van der Waals surface area contributed by atoms with Crippen LogP contribution < -0.4 is 11.1 Å². The van der Waals surface area contributed by atoms with Crippen LogP contribution in [-0.4, -0.2) is 11.0 Å². The van der Waals surface area contributed by atoms with Gasteiger partial charge in [0.2, 0.25) is 0 Å². The highest BCUT2D eigenvalue weighted by Crippen LogP contribution is 2.44. The van der Waals surface area contributed by atoms with Crippen molar-refractivity contribution in [3.8, 4) is 0 Å². The van der Waals surface area contributed by atoms with Crippen molar-refractivity contribution in [3.05, 3.63) is 92.2 Å². The highest BCUT2D eigenvalue weighted by atomic mass is 35.5. The number of nitrogen functional groups attached to an aromatic ring is 1. The molecule has 1 unspecified atom stereocenters. The Morgan fingerprint density at radius 2 is 1.96 bits per heavy atom. The van der Waals surface area contributed by atoms with Gasteiger partial charge in [0, 0.05) is 17.0 Å². The smallest absolute Gasteiger partial charge is 0.262 e. The van der Waals surface area contributed by atoms with Gasteiger partial charge >= 0.3 is 0 Å². The Bertz CT molecular complexity index is 1070. The predicted molar refractivity (Wildman–Crippen MR) is 116 cm³/mol. The molecule has 28 heavy (non-hydrogen) atoms. The average Bonchev–Trinajstić information content (AvgIpc) is 3.21. The number of thioether (sulfide) groups is 1. The summed E-state index contributed by atoms with van der Waals surface area (Å²) in [6.07, 6.45) is 0.228. The van der Waals surface area contributed by atoms with Crippen molar-refractivity contribution in [1.29, 1.82) is 0 Å². The van der Waals surface area contributed by atoms with Crippen LogP contribution in [0, 0.1) is 0 Å². The second-order valence-corrected chi connectivity index (χ2v) is 8.72. The third-order valence-electron chi connectivity index (χ3n) is 4.67. The molecule has 0 spiro atoms. The first kappa shape index (κ1) is 18.9. The summed E-state index contributed by atoms with van der Waals surface area (Å²) in [7, 11) is 0. The van der Waals surface area contributed by atoms with Gasteiger partial charge in [0.15, 0.2) is 0 Å². The van der Waals surface area contributed by atoms with Crippen molar-refractivity contribution in [3.63, 3.8) is 0 Å². The van der Waals surface area contributed by atoms with Crippen LogP contribution in [0.25, 0.3) is 0 Å². The molecule has 2 heterocycles. The van der Waals surface area contributed by atoms with Gasteiger partial charge in [-0.05, 0) is 52.2 Å². The quantitative estimate of drug-likeness (QED) is 0.492. The second kappa shape index (κ2) is 7.54. The van der Waals surface area contributed by atoms with Gasteiger partial charge in [0.25, 0.3) is 5.91 Å². The Morgan fingerprint density at radius 1 is 1.14 bits per heavy atom. The molecule has 142 valence electrons. The molecule has 7 heteroatoms. The van der Waals surface area contributed by atoms with Crippen molar-refractivity contribution in [2.75, 3.05) is 5.73 Å². The van der Waals surface area contributed by atoms with Gasteiger partial charge in [0.05, 0.1) is 10.6 Å². The summed E-state index contributed by atoms with van der Waals surface area (Å²) in [5.41, 5.74) is 7.45. The number of halogens is 1. The lowest BCUT2D eigenvalue weighted by Crippen LogP contribution is -2.50. The highest BCUT2D eigenvalue weighted by Gasteiger charge is 2.43. The lowest BCUT2D eigenvalue weighted by atomic mass is 9.79.